The number of carbonyl (C=O) groups excluding carboxylic acids is 2. The Morgan fingerprint density at radius 3 is 2.59 bits per heavy atom. The van der Waals surface area contributed by atoms with Crippen LogP contribution in [-0.4, -0.2) is 29.5 Å². The number of hydrogen-bond donors (Lipinski definition) is 1. The zero-order chi connectivity index (χ0) is 20.5. The first-order valence-electron chi connectivity index (χ1n) is 9.93. The van der Waals surface area contributed by atoms with Crippen molar-refractivity contribution in [1.82, 2.24) is 4.57 Å². The van der Waals surface area contributed by atoms with Crippen molar-refractivity contribution in [3.8, 4) is 5.75 Å². The van der Waals surface area contributed by atoms with E-state index in [-0.39, 0.29) is 11.8 Å². The fourth-order valence-corrected chi connectivity index (χ4v) is 3.95. The molecule has 1 N–H and O–H groups in total. The van der Waals surface area contributed by atoms with Crippen LogP contribution in [0.4, 0.5) is 11.4 Å². The zero-order valence-electron chi connectivity index (χ0n) is 17.0. The number of benzene rings is 2. The lowest BCUT2D eigenvalue weighted by Gasteiger charge is -2.18. The molecule has 0 bridgehead atoms. The summed E-state index contributed by atoms with van der Waals surface area (Å²) >= 11 is 0. The van der Waals surface area contributed by atoms with Crippen LogP contribution in [0.15, 0.2) is 42.5 Å². The van der Waals surface area contributed by atoms with Gasteiger partial charge in [-0.2, -0.15) is 0 Å². The van der Waals surface area contributed by atoms with E-state index in [0.717, 1.165) is 28.6 Å². The highest BCUT2D eigenvalue weighted by Crippen LogP contribution is 2.37. The standard InChI is InChI=1S/C23H25N3O3/c1-4-29-17-10-8-16(9-11-17)24-23(28)22-21(26-13-5-6-20(26)27)18-14-15(2)7-12-19(18)25(22)3/h7-12,14H,4-6,13H2,1-3H3,(H,24,28). The van der Waals surface area contributed by atoms with E-state index >= 15 is 0 Å². The molecule has 0 atom stereocenters. The van der Waals surface area contributed by atoms with E-state index in [0.29, 0.717) is 36.6 Å². The number of aryl methyl sites for hydroxylation is 2. The Hall–Kier alpha value is -3.28. The maximum Gasteiger partial charge on any atom is 0.274 e. The molecule has 1 aliphatic rings. The third-order valence-electron chi connectivity index (χ3n) is 5.31. The molecule has 1 aliphatic heterocycles. The predicted octanol–water partition coefficient (Wildman–Crippen LogP) is 4.26. The first-order chi connectivity index (χ1) is 14.0. The summed E-state index contributed by atoms with van der Waals surface area (Å²) in [6.45, 7) is 5.17. The molecular weight excluding hydrogens is 366 g/mol. The van der Waals surface area contributed by atoms with E-state index in [2.05, 4.69) is 5.32 Å². The molecule has 1 fully saturated rings. The summed E-state index contributed by atoms with van der Waals surface area (Å²) < 4.78 is 7.33. The summed E-state index contributed by atoms with van der Waals surface area (Å²) in [4.78, 5) is 27.6. The normalized spacial score (nSPS) is 13.9. The zero-order valence-corrected chi connectivity index (χ0v) is 17.0. The molecule has 0 spiro atoms. The van der Waals surface area contributed by atoms with Gasteiger partial charge in [0.1, 0.15) is 11.4 Å². The van der Waals surface area contributed by atoms with Crippen molar-refractivity contribution < 1.29 is 14.3 Å². The van der Waals surface area contributed by atoms with Gasteiger partial charge in [0.25, 0.3) is 5.91 Å². The molecule has 6 heteroatoms. The second kappa shape index (κ2) is 7.62. The first kappa shape index (κ1) is 19.1. The summed E-state index contributed by atoms with van der Waals surface area (Å²) in [5, 5.41) is 3.90. The highest BCUT2D eigenvalue weighted by Gasteiger charge is 2.31. The van der Waals surface area contributed by atoms with Crippen LogP contribution in [-0.2, 0) is 11.8 Å². The van der Waals surface area contributed by atoms with E-state index in [4.69, 9.17) is 4.74 Å². The van der Waals surface area contributed by atoms with Crippen LogP contribution < -0.4 is 15.0 Å². The van der Waals surface area contributed by atoms with E-state index in [9.17, 15) is 9.59 Å². The van der Waals surface area contributed by atoms with Crippen LogP contribution in [0.2, 0.25) is 0 Å². The van der Waals surface area contributed by atoms with E-state index in [1.165, 1.54) is 0 Å². The van der Waals surface area contributed by atoms with Gasteiger partial charge in [-0.15, -0.1) is 0 Å². The number of nitrogens with one attached hydrogen (secondary N) is 1. The van der Waals surface area contributed by atoms with Gasteiger partial charge in [0.15, 0.2) is 0 Å². The Morgan fingerprint density at radius 2 is 1.93 bits per heavy atom. The van der Waals surface area contributed by atoms with Gasteiger partial charge >= 0.3 is 0 Å². The predicted molar refractivity (Wildman–Crippen MR) is 115 cm³/mol. The van der Waals surface area contributed by atoms with Crippen LogP contribution in [0.3, 0.4) is 0 Å². The van der Waals surface area contributed by atoms with Gasteiger partial charge in [-0.25, -0.2) is 0 Å². The Morgan fingerprint density at radius 1 is 1.17 bits per heavy atom. The number of carbonyl (C=O) groups is 2. The summed E-state index contributed by atoms with van der Waals surface area (Å²) in [6, 6.07) is 13.4. The average molecular weight is 391 g/mol. The van der Waals surface area contributed by atoms with Gasteiger partial charge in [0.2, 0.25) is 5.91 Å². The van der Waals surface area contributed by atoms with Crippen molar-refractivity contribution in [2.24, 2.45) is 7.05 Å². The smallest absolute Gasteiger partial charge is 0.274 e. The fourth-order valence-electron chi connectivity index (χ4n) is 3.95. The second-order valence-electron chi connectivity index (χ2n) is 7.34. The SMILES string of the molecule is CCOc1ccc(NC(=O)c2c(N3CCCC3=O)c3cc(C)ccc3n2C)cc1. The van der Waals surface area contributed by atoms with Crippen molar-refractivity contribution >= 4 is 34.1 Å². The number of nitrogens with zero attached hydrogens (tertiary/aromatic N) is 2. The molecule has 150 valence electrons. The summed E-state index contributed by atoms with van der Waals surface area (Å²) in [7, 11) is 1.87. The Labute approximate surface area is 170 Å². The molecule has 0 aliphatic carbocycles. The molecule has 3 aromatic rings. The molecule has 2 aromatic carbocycles. The third-order valence-corrected chi connectivity index (χ3v) is 5.31. The molecular formula is C23H25N3O3. The number of ether oxygens (including phenoxy) is 1. The molecule has 1 saturated heterocycles. The van der Waals surface area contributed by atoms with Crippen molar-refractivity contribution in [3.05, 3.63) is 53.7 Å². The molecule has 0 radical (unpaired) electrons. The van der Waals surface area contributed by atoms with E-state index in [1.807, 2.05) is 67.9 Å². The van der Waals surface area contributed by atoms with E-state index in [1.54, 1.807) is 4.90 Å². The molecule has 2 amide bonds. The van der Waals surface area contributed by atoms with Gasteiger partial charge in [-0.3, -0.25) is 9.59 Å². The molecule has 0 saturated carbocycles. The van der Waals surface area contributed by atoms with Gasteiger partial charge in [0, 0.05) is 31.1 Å². The monoisotopic (exact) mass is 391 g/mol. The number of amides is 2. The van der Waals surface area contributed by atoms with Crippen molar-refractivity contribution in [2.45, 2.75) is 26.7 Å². The lowest BCUT2D eigenvalue weighted by atomic mass is 10.1. The van der Waals surface area contributed by atoms with Gasteiger partial charge in [-0.1, -0.05) is 11.6 Å². The molecule has 6 nitrogen and oxygen atoms in total. The summed E-state index contributed by atoms with van der Waals surface area (Å²) in [5.41, 5.74) is 3.90. The largest absolute Gasteiger partial charge is 0.494 e. The minimum Gasteiger partial charge on any atom is -0.494 e. The van der Waals surface area contributed by atoms with Gasteiger partial charge in [0.05, 0.1) is 17.8 Å². The third kappa shape index (κ3) is 3.46. The highest BCUT2D eigenvalue weighted by atomic mass is 16.5. The molecule has 0 unspecified atom stereocenters. The number of hydrogen-bond acceptors (Lipinski definition) is 3. The quantitative estimate of drug-likeness (QED) is 0.707. The van der Waals surface area contributed by atoms with Crippen molar-refractivity contribution in [3.63, 3.8) is 0 Å². The van der Waals surface area contributed by atoms with Crippen LogP contribution in [0, 0.1) is 6.92 Å². The number of fused-ring (bicyclic) bond motifs is 1. The lowest BCUT2D eigenvalue weighted by molar-refractivity contribution is -0.117. The lowest BCUT2D eigenvalue weighted by Crippen LogP contribution is -2.27. The fraction of sp³-hybridized carbons (Fsp3) is 0.304. The van der Waals surface area contributed by atoms with Crippen LogP contribution >= 0.6 is 0 Å². The minimum atomic E-state index is -0.236. The van der Waals surface area contributed by atoms with Crippen molar-refractivity contribution in [1.29, 1.82) is 0 Å². The Kier molecular flexibility index (Phi) is 5.01. The molecule has 29 heavy (non-hydrogen) atoms. The van der Waals surface area contributed by atoms with Gasteiger partial charge in [-0.05, 0) is 56.7 Å². The number of rotatable bonds is 5. The molecule has 4 rings (SSSR count). The summed E-state index contributed by atoms with van der Waals surface area (Å²) in [6.07, 6.45) is 1.32. The molecule has 2 heterocycles. The average Bonchev–Trinajstić information content (AvgIpc) is 3.24. The Balaban J connectivity index is 1.76. The second-order valence-corrected chi connectivity index (χ2v) is 7.34. The number of aromatic nitrogens is 1. The Bertz CT molecular complexity index is 1080. The van der Waals surface area contributed by atoms with Gasteiger partial charge < -0.3 is 19.5 Å². The molecule has 1 aromatic heterocycles. The first-order valence-corrected chi connectivity index (χ1v) is 9.93. The topological polar surface area (TPSA) is 63.6 Å². The van der Waals surface area contributed by atoms with E-state index < -0.39 is 0 Å². The van der Waals surface area contributed by atoms with Crippen molar-refractivity contribution in [2.75, 3.05) is 23.4 Å². The minimum absolute atomic E-state index is 0.0640. The maximum atomic E-state index is 13.3. The van der Waals surface area contributed by atoms with Crippen LogP contribution in [0.1, 0.15) is 35.8 Å². The van der Waals surface area contributed by atoms with Crippen LogP contribution in [0.25, 0.3) is 10.9 Å². The number of anilines is 2. The summed E-state index contributed by atoms with van der Waals surface area (Å²) in [5.74, 6) is 0.586. The maximum absolute atomic E-state index is 13.3. The highest BCUT2D eigenvalue weighted by molar-refractivity contribution is 6.17. The van der Waals surface area contributed by atoms with Crippen LogP contribution in [0.5, 0.6) is 5.75 Å².